The monoisotopic (exact) mass is 291 g/mol. The molecule has 20 heavy (non-hydrogen) atoms. The first-order chi connectivity index (χ1) is 9.56. The minimum absolute atomic E-state index is 0.0268. The van der Waals surface area contributed by atoms with Crippen LogP contribution in [-0.2, 0) is 4.79 Å². The van der Waals surface area contributed by atoms with Crippen LogP contribution in [-0.4, -0.2) is 34.0 Å². The number of likely N-dealkylation sites (tertiary alicyclic amines) is 1. The summed E-state index contributed by atoms with van der Waals surface area (Å²) >= 11 is 5.94. The van der Waals surface area contributed by atoms with E-state index in [0.717, 1.165) is 0 Å². The second-order valence-electron chi connectivity index (χ2n) is 5.09. The highest BCUT2D eigenvalue weighted by Gasteiger charge is 2.25. The summed E-state index contributed by atoms with van der Waals surface area (Å²) < 4.78 is 1.61. The lowest BCUT2D eigenvalue weighted by Crippen LogP contribution is -2.40. The molecule has 1 aliphatic rings. The molecule has 0 radical (unpaired) electrons. The van der Waals surface area contributed by atoms with Crippen LogP contribution in [0.3, 0.4) is 0 Å². The zero-order chi connectivity index (χ0) is 14.3. The Kier molecular flexibility index (Phi) is 3.22. The van der Waals surface area contributed by atoms with Crippen LogP contribution in [0, 0.1) is 0 Å². The molecule has 104 valence electrons. The number of piperidine rings is 1. The Hall–Kier alpha value is -1.88. The van der Waals surface area contributed by atoms with Crippen molar-refractivity contribution in [1.29, 1.82) is 0 Å². The zero-order valence-corrected chi connectivity index (χ0v) is 11.8. The minimum atomic E-state index is -0.106. The number of carbonyl (C=O) groups excluding carboxylic acids is 1. The van der Waals surface area contributed by atoms with E-state index < -0.39 is 0 Å². The highest BCUT2D eigenvalue weighted by molar-refractivity contribution is 6.31. The third-order valence-corrected chi connectivity index (χ3v) is 3.98. The Morgan fingerprint density at radius 1 is 1.35 bits per heavy atom. The first-order valence-electron chi connectivity index (χ1n) is 6.46. The third kappa shape index (κ3) is 2.18. The number of benzene rings is 1. The van der Waals surface area contributed by atoms with Gasteiger partial charge in [-0.25, -0.2) is 4.98 Å². The average Bonchev–Trinajstić information content (AvgIpc) is 2.43. The van der Waals surface area contributed by atoms with Crippen LogP contribution >= 0.6 is 11.6 Å². The third-order valence-electron chi connectivity index (χ3n) is 3.74. The topological polar surface area (TPSA) is 55.2 Å². The predicted octanol–water partition coefficient (Wildman–Crippen LogP) is 1.84. The van der Waals surface area contributed by atoms with Gasteiger partial charge in [0.2, 0.25) is 5.91 Å². The molecule has 2 heterocycles. The fourth-order valence-electron chi connectivity index (χ4n) is 2.59. The molecule has 0 saturated carbocycles. The maximum Gasteiger partial charge on any atom is 0.261 e. The van der Waals surface area contributed by atoms with Crippen LogP contribution in [0.1, 0.15) is 18.9 Å². The summed E-state index contributed by atoms with van der Waals surface area (Å²) in [6.45, 7) is 0.534. The average molecular weight is 292 g/mol. The highest BCUT2D eigenvalue weighted by Crippen LogP contribution is 2.21. The Labute approximate surface area is 120 Å². The largest absolute Gasteiger partial charge is 0.344 e. The molecule has 0 spiro atoms. The number of hydrogen-bond acceptors (Lipinski definition) is 3. The number of carbonyl (C=O) groups is 1. The van der Waals surface area contributed by atoms with Gasteiger partial charge < -0.3 is 4.90 Å². The van der Waals surface area contributed by atoms with Crippen molar-refractivity contribution in [2.45, 2.75) is 18.9 Å². The second-order valence-corrected chi connectivity index (χ2v) is 5.52. The molecular formula is C14H14ClN3O2. The standard InChI is InChI=1S/C14H14ClN3O2/c1-17-7-10(3-5-13(17)19)18-8-16-12-4-2-9(15)6-11(12)14(18)20/h2,4,6,8,10H,3,5,7H2,1H3/t10-/m1/s1. The van der Waals surface area contributed by atoms with Gasteiger partial charge in [-0.1, -0.05) is 11.6 Å². The van der Waals surface area contributed by atoms with Crippen molar-refractivity contribution in [2.24, 2.45) is 0 Å². The van der Waals surface area contributed by atoms with Crippen molar-refractivity contribution >= 4 is 28.4 Å². The van der Waals surface area contributed by atoms with Gasteiger partial charge in [0.15, 0.2) is 0 Å². The van der Waals surface area contributed by atoms with Crippen molar-refractivity contribution < 1.29 is 4.79 Å². The van der Waals surface area contributed by atoms with Crippen LogP contribution in [0.15, 0.2) is 29.3 Å². The van der Waals surface area contributed by atoms with Gasteiger partial charge in [0.1, 0.15) is 0 Å². The Morgan fingerprint density at radius 2 is 2.15 bits per heavy atom. The molecule has 3 rings (SSSR count). The fourth-order valence-corrected chi connectivity index (χ4v) is 2.76. The van der Waals surface area contributed by atoms with Crippen LogP contribution in [0.4, 0.5) is 0 Å². The van der Waals surface area contributed by atoms with Gasteiger partial charge >= 0.3 is 0 Å². The van der Waals surface area contributed by atoms with Crippen LogP contribution in [0.25, 0.3) is 10.9 Å². The van der Waals surface area contributed by atoms with E-state index in [2.05, 4.69) is 4.98 Å². The number of hydrogen-bond donors (Lipinski definition) is 0. The van der Waals surface area contributed by atoms with E-state index >= 15 is 0 Å². The quantitative estimate of drug-likeness (QED) is 0.805. The number of aromatic nitrogens is 2. The van der Waals surface area contributed by atoms with E-state index in [1.807, 2.05) is 0 Å². The van der Waals surface area contributed by atoms with Crippen LogP contribution in [0.2, 0.25) is 5.02 Å². The molecule has 0 N–H and O–H groups in total. The molecule has 5 nitrogen and oxygen atoms in total. The van der Waals surface area contributed by atoms with Crippen molar-refractivity contribution in [2.75, 3.05) is 13.6 Å². The van der Waals surface area contributed by atoms with Gasteiger partial charge in [-0.05, 0) is 24.6 Å². The minimum Gasteiger partial charge on any atom is -0.344 e. The number of nitrogens with zero attached hydrogens (tertiary/aromatic N) is 3. The molecule has 1 amide bonds. The van der Waals surface area contributed by atoms with Crippen molar-refractivity contribution in [3.8, 4) is 0 Å². The second kappa shape index (κ2) is 4.90. The number of rotatable bonds is 1. The van der Waals surface area contributed by atoms with E-state index in [0.29, 0.717) is 35.3 Å². The molecule has 1 saturated heterocycles. The highest BCUT2D eigenvalue weighted by atomic mass is 35.5. The summed E-state index contributed by atoms with van der Waals surface area (Å²) in [5.41, 5.74) is 0.529. The molecule has 2 aromatic rings. The SMILES string of the molecule is CN1C[C@H](n2cnc3ccc(Cl)cc3c2=O)CCC1=O. The van der Waals surface area contributed by atoms with E-state index in [1.165, 1.54) is 0 Å². The predicted molar refractivity (Wildman–Crippen MR) is 76.9 cm³/mol. The van der Waals surface area contributed by atoms with Gasteiger partial charge in [-0.3, -0.25) is 14.2 Å². The van der Waals surface area contributed by atoms with Crippen molar-refractivity contribution in [3.63, 3.8) is 0 Å². The number of halogens is 1. The molecule has 0 aliphatic carbocycles. The van der Waals surface area contributed by atoms with Gasteiger partial charge in [-0.15, -0.1) is 0 Å². The molecule has 1 aliphatic heterocycles. The Morgan fingerprint density at radius 3 is 2.90 bits per heavy atom. The fraction of sp³-hybridized carbons (Fsp3) is 0.357. The van der Waals surface area contributed by atoms with E-state index in [-0.39, 0.29) is 17.5 Å². The van der Waals surface area contributed by atoms with Gasteiger partial charge in [-0.2, -0.15) is 0 Å². The Bertz CT molecular complexity index is 741. The molecule has 0 unspecified atom stereocenters. The van der Waals surface area contributed by atoms with E-state index in [1.54, 1.807) is 41.0 Å². The first-order valence-corrected chi connectivity index (χ1v) is 6.84. The Balaban J connectivity index is 2.06. The van der Waals surface area contributed by atoms with Crippen molar-refractivity contribution in [3.05, 3.63) is 39.9 Å². The lowest BCUT2D eigenvalue weighted by molar-refractivity contribution is -0.132. The summed E-state index contributed by atoms with van der Waals surface area (Å²) in [5.74, 6) is 0.117. The molecule has 0 bridgehead atoms. The van der Waals surface area contributed by atoms with Crippen LogP contribution < -0.4 is 5.56 Å². The van der Waals surface area contributed by atoms with Gasteiger partial charge in [0.25, 0.3) is 5.56 Å². The normalized spacial score (nSPS) is 19.6. The molecule has 1 fully saturated rings. The first kappa shape index (κ1) is 13.1. The summed E-state index contributed by atoms with van der Waals surface area (Å²) in [7, 11) is 1.75. The maximum absolute atomic E-state index is 12.5. The molecule has 1 aromatic heterocycles. The zero-order valence-electron chi connectivity index (χ0n) is 11.0. The molecule has 1 aromatic carbocycles. The summed E-state index contributed by atoms with van der Waals surface area (Å²) in [6, 6.07) is 5.06. The smallest absolute Gasteiger partial charge is 0.261 e. The van der Waals surface area contributed by atoms with E-state index in [4.69, 9.17) is 11.6 Å². The number of amides is 1. The molecule has 1 atom stereocenters. The maximum atomic E-state index is 12.5. The van der Waals surface area contributed by atoms with Crippen LogP contribution in [0.5, 0.6) is 0 Å². The molecular weight excluding hydrogens is 278 g/mol. The molecule has 6 heteroatoms. The lowest BCUT2D eigenvalue weighted by Gasteiger charge is -2.30. The van der Waals surface area contributed by atoms with E-state index in [9.17, 15) is 9.59 Å². The summed E-state index contributed by atoms with van der Waals surface area (Å²) in [6.07, 6.45) is 2.69. The van der Waals surface area contributed by atoms with Crippen molar-refractivity contribution in [1.82, 2.24) is 14.5 Å². The lowest BCUT2D eigenvalue weighted by atomic mass is 10.1. The number of likely N-dealkylation sites (N-methyl/N-ethyl adjacent to an activating group) is 1. The van der Waals surface area contributed by atoms with Gasteiger partial charge in [0, 0.05) is 25.0 Å². The van der Waals surface area contributed by atoms with Gasteiger partial charge in [0.05, 0.1) is 23.3 Å². The summed E-state index contributed by atoms with van der Waals surface area (Å²) in [4.78, 5) is 30.0. The number of fused-ring (bicyclic) bond motifs is 1. The summed E-state index contributed by atoms with van der Waals surface area (Å²) in [5, 5.41) is 1.03.